The first-order valence-electron chi connectivity index (χ1n) is 8.09. The fourth-order valence-electron chi connectivity index (χ4n) is 2.77. The van der Waals surface area contributed by atoms with Gasteiger partial charge in [-0.3, -0.25) is 9.78 Å². The maximum atomic E-state index is 13.4. The fraction of sp³-hybridized carbons (Fsp3) is 0. The van der Waals surface area contributed by atoms with E-state index in [1.807, 2.05) is 42.5 Å². The summed E-state index contributed by atoms with van der Waals surface area (Å²) < 4.78 is 13.4. The largest absolute Gasteiger partial charge is 0.322 e. The van der Waals surface area contributed by atoms with Crippen LogP contribution in [0.15, 0.2) is 79.0 Å². The molecule has 4 aromatic rings. The lowest BCUT2D eigenvalue weighted by Gasteiger charge is -2.10. The van der Waals surface area contributed by atoms with Gasteiger partial charge in [0.1, 0.15) is 5.82 Å². The van der Waals surface area contributed by atoms with Crippen LogP contribution in [0.2, 0.25) is 0 Å². The van der Waals surface area contributed by atoms with Gasteiger partial charge in [-0.1, -0.05) is 30.3 Å². The molecule has 0 saturated heterocycles. The fourth-order valence-corrected chi connectivity index (χ4v) is 2.77. The molecular formula is C21H14FN3O. The van der Waals surface area contributed by atoms with E-state index in [0.717, 1.165) is 5.39 Å². The van der Waals surface area contributed by atoms with E-state index in [2.05, 4.69) is 15.3 Å². The number of nitrogens with one attached hydrogen (secondary N) is 1. The third-order valence-electron chi connectivity index (χ3n) is 3.97. The Morgan fingerprint density at radius 3 is 2.54 bits per heavy atom. The van der Waals surface area contributed by atoms with Crippen molar-refractivity contribution >= 4 is 22.5 Å². The van der Waals surface area contributed by atoms with Gasteiger partial charge in [-0.2, -0.15) is 0 Å². The van der Waals surface area contributed by atoms with E-state index < -0.39 is 5.82 Å². The third-order valence-corrected chi connectivity index (χ3v) is 3.97. The molecular weight excluding hydrogens is 329 g/mol. The van der Waals surface area contributed by atoms with Gasteiger partial charge in [-0.15, -0.1) is 0 Å². The van der Waals surface area contributed by atoms with E-state index in [4.69, 9.17) is 0 Å². The van der Waals surface area contributed by atoms with Crippen LogP contribution in [0.1, 0.15) is 10.4 Å². The van der Waals surface area contributed by atoms with E-state index >= 15 is 0 Å². The van der Waals surface area contributed by atoms with Crippen LogP contribution in [0, 0.1) is 5.82 Å². The van der Waals surface area contributed by atoms with Crippen LogP contribution in [0.5, 0.6) is 0 Å². The lowest BCUT2D eigenvalue weighted by atomic mass is 10.1. The predicted molar refractivity (Wildman–Crippen MR) is 99.3 cm³/mol. The van der Waals surface area contributed by atoms with Gasteiger partial charge in [-0.25, -0.2) is 9.37 Å². The highest BCUT2D eigenvalue weighted by Gasteiger charge is 2.14. The number of halogens is 1. The highest BCUT2D eigenvalue weighted by Crippen LogP contribution is 2.24. The Hall–Kier alpha value is -3.60. The summed E-state index contributed by atoms with van der Waals surface area (Å²) in [4.78, 5) is 21.8. The van der Waals surface area contributed by atoms with Gasteiger partial charge in [0.15, 0.2) is 0 Å². The molecule has 0 saturated carbocycles. The van der Waals surface area contributed by atoms with Crippen molar-refractivity contribution in [3.8, 4) is 11.4 Å². The summed E-state index contributed by atoms with van der Waals surface area (Å²) in [5.74, 6) is -0.733. The van der Waals surface area contributed by atoms with E-state index in [9.17, 15) is 9.18 Å². The quantitative estimate of drug-likeness (QED) is 0.587. The number of rotatable bonds is 3. The number of hydrogen-bond donors (Lipinski definition) is 1. The monoisotopic (exact) mass is 343 g/mol. The van der Waals surface area contributed by atoms with Crippen LogP contribution in [-0.2, 0) is 0 Å². The molecule has 0 spiro atoms. The SMILES string of the molecule is O=C(Nc1cccc(F)c1)c1cc(-c2ccccn2)nc2ccccc12. The number of carbonyl (C=O) groups is 1. The van der Waals surface area contributed by atoms with Crippen molar-refractivity contribution in [2.75, 3.05) is 5.32 Å². The minimum absolute atomic E-state index is 0.327. The number of anilines is 1. The zero-order chi connectivity index (χ0) is 17.9. The number of carbonyl (C=O) groups excluding carboxylic acids is 1. The third kappa shape index (κ3) is 3.15. The van der Waals surface area contributed by atoms with Crippen LogP contribution in [0.3, 0.4) is 0 Å². The topological polar surface area (TPSA) is 54.9 Å². The van der Waals surface area contributed by atoms with Gasteiger partial charge in [0, 0.05) is 17.3 Å². The van der Waals surface area contributed by atoms with Gasteiger partial charge in [-0.05, 0) is 42.5 Å². The van der Waals surface area contributed by atoms with Crippen molar-refractivity contribution < 1.29 is 9.18 Å². The molecule has 0 aliphatic heterocycles. The summed E-state index contributed by atoms with van der Waals surface area (Å²) in [6.45, 7) is 0. The molecule has 1 N–H and O–H groups in total. The molecule has 26 heavy (non-hydrogen) atoms. The number of hydrogen-bond acceptors (Lipinski definition) is 3. The molecule has 0 aliphatic rings. The number of amides is 1. The minimum atomic E-state index is -0.406. The maximum Gasteiger partial charge on any atom is 0.256 e. The predicted octanol–water partition coefficient (Wildman–Crippen LogP) is 4.69. The molecule has 2 aromatic heterocycles. The van der Waals surface area contributed by atoms with Crippen molar-refractivity contribution in [3.63, 3.8) is 0 Å². The molecule has 0 bridgehead atoms. The Labute approximate surface area is 149 Å². The number of fused-ring (bicyclic) bond motifs is 1. The number of pyridine rings is 2. The lowest BCUT2D eigenvalue weighted by Crippen LogP contribution is -2.13. The summed E-state index contributed by atoms with van der Waals surface area (Å²) in [5, 5.41) is 3.47. The summed E-state index contributed by atoms with van der Waals surface area (Å²) in [6.07, 6.45) is 1.68. The standard InChI is InChI=1S/C21H14FN3O/c22-14-6-5-7-15(12-14)24-21(26)17-13-20(19-10-3-4-11-23-19)25-18-9-2-1-8-16(17)18/h1-13H,(H,24,26). The number of aromatic nitrogens is 2. The first-order chi connectivity index (χ1) is 12.7. The van der Waals surface area contributed by atoms with Gasteiger partial charge in [0.25, 0.3) is 5.91 Å². The first kappa shape index (κ1) is 15.9. The van der Waals surface area contributed by atoms with Gasteiger partial charge in [0.05, 0.1) is 22.5 Å². The van der Waals surface area contributed by atoms with E-state index in [-0.39, 0.29) is 5.91 Å². The Kier molecular flexibility index (Phi) is 4.11. The molecule has 0 fully saturated rings. The summed E-state index contributed by atoms with van der Waals surface area (Å²) in [7, 11) is 0. The average molecular weight is 343 g/mol. The Morgan fingerprint density at radius 2 is 1.73 bits per heavy atom. The smallest absolute Gasteiger partial charge is 0.256 e. The van der Waals surface area contributed by atoms with E-state index in [0.29, 0.717) is 28.2 Å². The molecule has 0 radical (unpaired) electrons. The molecule has 1 amide bonds. The van der Waals surface area contributed by atoms with Crippen LogP contribution in [0.4, 0.5) is 10.1 Å². The van der Waals surface area contributed by atoms with Crippen molar-refractivity contribution in [3.05, 3.63) is 90.4 Å². The van der Waals surface area contributed by atoms with E-state index in [1.54, 1.807) is 24.4 Å². The molecule has 0 aliphatic carbocycles. The second-order valence-electron chi connectivity index (χ2n) is 5.75. The molecule has 2 aromatic carbocycles. The number of para-hydroxylation sites is 1. The summed E-state index contributed by atoms with van der Waals surface area (Å²) in [6, 6.07) is 20.4. The molecule has 2 heterocycles. The van der Waals surface area contributed by atoms with Crippen molar-refractivity contribution in [2.24, 2.45) is 0 Å². The molecule has 4 rings (SSSR count). The Morgan fingerprint density at radius 1 is 0.885 bits per heavy atom. The van der Waals surface area contributed by atoms with E-state index in [1.165, 1.54) is 12.1 Å². The van der Waals surface area contributed by atoms with Crippen LogP contribution < -0.4 is 5.32 Å². The summed E-state index contributed by atoms with van der Waals surface area (Å²) >= 11 is 0. The van der Waals surface area contributed by atoms with Gasteiger partial charge < -0.3 is 5.32 Å². The Bertz CT molecular complexity index is 1100. The molecule has 0 unspecified atom stereocenters. The van der Waals surface area contributed by atoms with Crippen LogP contribution >= 0.6 is 0 Å². The first-order valence-corrected chi connectivity index (χ1v) is 8.09. The highest BCUT2D eigenvalue weighted by molar-refractivity contribution is 6.13. The zero-order valence-electron chi connectivity index (χ0n) is 13.7. The van der Waals surface area contributed by atoms with Crippen molar-refractivity contribution in [1.82, 2.24) is 9.97 Å². The van der Waals surface area contributed by atoms with Crippen LogP contribution in [0.25, 0.3) is 22.3 Å². The second-order valence-corrected chi connectivity index (χ2v) is 5.75. The average Bonchev–Trinajstić information content (AvgIpc) is 2.68. The van der Waals surface area contributed by atoms with Crippen molar-refractivity contribution in [2.45, 2.75) is 0 Å². The van der Waals surface area contributed by atoms with Crippen molar-refractivity contribution in [1.29, 1.82) is 0 Å². The molecule has 4 nitrogen and oxygen atoms in total. The number of nitrogens with zero attached hydrogens (tertiary/aromatic N) is 2. The second kappa shape index (κ2) is 6.72. The minimum Gasteiger partial charge on any atom is -0.322 e. The molecule has 0 atom stereocenters. The van der Waals surface area contributed by atoms with Crippen LogP contribution in [-0.4, -0.2) is 15.9 Å². The Balaban J connectivity index is 1.81. The number of benzene rings is 2. The maximum absolute atomic E-state index is 13.4. The lowest BCUT2D eigenvalue weighted by molar-refractivity contribution is 0.102. The van der Waals surface area contributed by atoms with Gasteiger partial charge in [0.2, 0.25) is 0 Å². The normalized spacial score (nSPS) is 10.7. The summed E-state index contributed by atoms with van der Waals surface area (Å²) in [5.41, 5.74) is 2.84. The molecule has 126 valence electrons. The van der Waals surface area contributed by atoms with Gasteiger partial charge >= 0.3 is 0 Å². The molecule has 5 heteroatoms. The zero-order valence-corrected chi connectivity index (χ0v) is 13.7. The highest BCUT2D eigenvalue weighted by atomic mass is 19.1.